The van der Waals surface area contributed by atoms with Crippen LogP contribution in [0.5, 0.6) is 0 Å². The molecule has 4 nitrogen and oxygen atoms in total. The minimum atomic E-state index is -0.848. The molecule has 0 radical (unpaired) electrons. The summed E-state index contributed by atoms with van der Waals surface area (Å²) in [4.78, 5) is 0. The van der Waals surface area contributed by atoms with Crippen LogP contribution in [0.3, 0.4) is 0 Å². The Morgan fingerprint density at radius 3 is 0.815 bits per heavy atom. The van der Waals surface area contributed by atoms with Gasteiger partial charge in [0.15, 0.2) is 0 Å². The summed E-state index contributed by atoms with van der Waals surface area (Å²) in [6.07, 6.45) is 44.0. The van der Waals surface area contributed by atoms with E-state index in [4.69, 9.17) is 0 Å². The molecule has 0 aromatic rings. The van der Waals surface area contributed by atoms with Crippen molar-refractivity contribution in [1.82, 2.24) is 0 Å². The van der Waals surface area contributed by atoms with Gasteiger partial charge in [-0.25, -0.2) is 0 Å². The predicted molar refractivity (Wildman–Crippen MR) is 237 cm³/mol. The summed E-state index contributed by atoms with van der Waals surface area (Å²) in [6, 6.07) is 0. The van der Waals surface area contributed by atoms with E-state index in [0.717, 1.165) is 33.4 Å². The lowest BCUT2D eigenvalue weighted by Crippen LogP contribution is -2.31. The molecule has 0 rings (SSSR count). The summed E-state index contributed by atoms with van der Waals surface area (Å²) in [7, 11) is 0. The van der Waals surface area contributed by atoms with Crippen LogP contribution >= 0.6 is 0 Å². The molecular weight excluding hydrogens is 665 g/mol. The Morgan fingerprint density at radius 1 is 0.370 bits per heavy atom. The van der Waals surface area contributed by atoms with E-state index in [1.807, 2.05) is 78.0 Å². The van der Waals surface area contributed by atoms with Gasteiger partial charge in [0, 0.05) is 11.8 Å². The van der Waals surface area contributed by atoms with Crippen molar-refractivity contribution in [2.75, 3.05) is 0 Å². The highest BCUT2D eigenvalue weighted by molar-refractivity contribution is 5.33. The summed E-state index contributed by atoms with van der Waals surface area (Å²) in [6.45, 7) is 26.9. The van der Waals surface area contributed by atoms with Crippen molar-refractivity contribution < 1.29 is 20.4 Å². The summed E-state index contributed by atoms with van der Waals surface area (Å²) >= 11 is 0. The van der Waals surface area contributed by atoms with Crippen molar-refractivity contribution in [1.29, 1.82) is 0 Å². The standard InChI is InChI=1S/C50H76O4/c1-39(23-17-25-41(3)27-19-29-43(5)31-33-45(49(11,12)53)35-37-47(7,8)51)21-15-16-22-40(2)24-18-26-42(4)28-20-30-44(6)32-34-46(50(13,14)54)36-38-48(9,10)52/h15-34,45-46,51-54H,35-38H2,1-14H3/b16-15+,23-17+,24-18+,27-19+,28-20+,33-31+,34-32+,39-21-,40-22+,41-25+,42-26+,43-29+,44-30+/t45-,46-/m1/s1. The van der Waals surface area contributed by atoms with Crippen molar-refractivity contribution in [3.63, 3.8) is 0 Å². The molecule has 4 heteroatoms. The first kappa shape index (κ1) is 50.5. The van der Waals surface area contributed by atoms with Gasteiger partial charge in [-0.3, -0.25) is 0 Å². The van der Waals surface area contributed by atoms with Crippen molar-refractivity contribution in [3.05, 3.63) is 155 Å². The van der Waals surface area contributed by atoms with Gasteiger partial charge in [0.2, 0.25) is 0 Å². The summed E-state index contributed by atoms with van der Waals surface area (Å²) in [5, 5.41) is 41.3. The average molecular weight is 741 g/mol. The maximum absolute atomic E-state index is 10.6. The van der Waals surface area contributed by atoms with Crippen molar-refractivity contribution in [3.8, 4) is 0 Å². The second-order valence-corrected chi connectivity index (χ2v) is 17.2. The Labute approximate surface area is 331 Å². The topological polar surface area (TPSA) is 80.9 Å². The third-order valence-corrected chi connectivity index (χ3v) is 8.83. The van der Waals surface area contributed by atoms with E-state index in [9.17, 15) is 20.4 Å². The highest BCUT2D eigenvalue weighted by atomic mass is 16.3. The van der Waals surface area contributed by atoms with Crippen LogP contribution < -0.4 is 0 Å². The molecular formula is C50H76O4. The maximum Gasteiger partial charge on any atom is 0.0654 e. The zero-order valence-corrected chi connectivity index (χ0v) is 36.3. The molecule has 0 fully saturated rings. The van der Waals surface area contributed by atoms with Crippen LogP contribution in [0.15, 0.2) is 155 Å². The molecule has 0 amide bonds. The first-order valence-electron chi connectivity index (χ1n) is 19.5. The van der Waals surface area contributed by atoms with Crippen LogP contribution in [0.25, 0.3) is 0 Å². The normalized spacial score (nSPS) is 17.4. The second-order valence-electron chi connectivity index (χ2n) is 17.2. The van der Waals surface area contributed by atoms with Crippen LogP contribution in [-0.2, 0) is 0 Å². The van der Waals surface area contributed by atoms with Crippen LogP contribution in [0.4, 0.5) is 0 Å². The largest absolute Gasteiger partial charge is 0.390 e. The average Bonchev–Trinajstić information content (AvgIpc) is 3.00. The fourth-order valence-electron chi connectivity index (χ4n) is 5.08. The lowest BCUT2D eigenvalue weighted by atomic mass is 9.83. The SMILES string of the molecule is CC(=C/C=C/C=C(C)/C=C/C=C(C)/C=C/C=C(C)/C=C/[C@H](CCC(C)(C)O)C(C)(C)O)/C=C/C=C(C)/C=C/C=C(C)/C=C/[C@H](CCC(C)(C)O)C(C)(C)O. The van der Waals surface area contributed by atoms with Crippen LogP contribution in [0.1, 0.15) is 123 Å². The summed E-state index contributed by atoms with van der Waals surface area (Å²) in [5.41, 5.74) is 3.60. The minimum Gasteiger partial charge on any atom is -0.390 e. The molecule has 0 aromatic carbocycles. The fourth-order valence-corrected chi connectivity index (χ4v) is 5.08. The number of hydrogen-bond donors (Lipinski definition) is 4. The number of aliphatic hydroxyl groups is 4. The Kier molecular flexibility index (Phi) is 23.2. The predicted octanol–water partition coefficient (Wildman–Crippen LogP) is 12.4. The van der Waals surface area contributed by atoms with Gasteiger partial charge in [0.05, 0.1) is 22.4 Å². The number of hydrogen-bond acceptors (Lipinski definition) is 4. The smallest absolute Gasteiger partial charge is 0.0654 e. The molecule has 0 heterocycles. The third-order valence-electron chi connectivity index (χ3n) is 8.83. The van der Waals surface area contributed by atoms with Crippen LogP contribution in [0.2, 0.25) is 0 Å². The molecule has 0 unspecified atom stereocenters. The second kappa shape index (κ2) is 24.8. The maximum atomic E-state index is 10.6. The monoisotopic (exact) mass is 741 g/mol. The molecule has 0 spiro atoms. The van der Waals surface area contributed by atoms with Crippen LogP contribution in [0, 0.1) is 11.8 Å². The Hall–Kier alpha value is -3.54. The van der Waals surface area contributed by atoms with E-state index in [0.29, 0.717) is 25.7 Å². The van der Waals surface area contributed by atoms with E-state index < -0.39 is 22.4 Å². The minimum absolute atomic E-state index is 0.0384. The molecule has 0 aliphatic rings. The highest BCUT2D eigenvalue weighted by Gasteiger charge is 2.27. The lowest BCUT2D eigenvalue weighted by molar-refractivity contribution is 0.0131. The van der Waals surface area contributed by atoms with Gasteiger partial charge in [-0.1, -0.05) is 155 Å². The zero-order valence-electron chi connectivity index (χ0n) is 36.3. The Balaban J connectivity index is 5.09. The first-order valence-corrected chi connectivity index (χ1v) is 19.5. The van der Waals surface area contributed by atoms with E-state index in [1.54, 1.807) is 27.7 Å². The first-order chi connectivity index (χ1) is 24.8. The number of rotatable bonds is 22. The van der Waals surface area contributed by atoms with Gasteiger partial charge >= 0.3 is 0 Å². The third kappa shape index (κ3) is 28.9. The van der Waals surface area contributed by atoms with Crippen molar-refractivity contribution in [2.45, 2.75) is 145 Å². The molecule has 0 saturated heterocycles. The van der Waals surface area contributed by atoms with Gasteiger partial charge in [-0.05, 0) is 123 Å². The summed E-state index contributed by atoms with van der Waals surface area (Å²) in [5.74, 6) is -0.0768. The molecule has 54 heavy (non-hydrogen) atoms. The fraction of sp³-hybridized carbons (Fsp3) is 0.480. The van der Waals surface area contributed by atoms with Gasteiger partial charge < -0.3 is 20.4 Å². The molecule has 300 valence electrons. The van der Waals surface area contributed by atoms with E-state index >= 15 is 0 Å². The quantitative estimate of drug-likeness (QED) is 0.0833. The summed E-state index contributed by atoms with van der Waals surface area (Å²) < 4.78 is 0. The van der Waals surface area contributed by atoms with Crippen molar-refractivity contribution in [2.24, 2.45) is 11.8 Å². The molecule has 0 saturated carbocycles. The highest BCUT2D eigenvalue weighted by Crippen LogP contribution is 2.28. The van der Waals surface area contributed by atoms with E-state index in [-0.39, 0.29) is 11.8 Å². The molecule has 0 bridgehead atoms. The Bertz CT molecular complexity index is 1410. The van der Waals surface area contributed by atoms with Gasteiger partial charge in [-0.15, -0.1) is 0 Å². The molecule has 2 atom stereocenters. The van der Waals surface area contributed by atoms with Gasteiger partial charge in [0.1, 0.15) is 0 Å². The van der Waals surface area contributed by atoms with E-state index in [1.165, 1.54) is 0 Å². The van der Waals surface area contributed by atoms with Crippen LogP contribution in [-0.4, -0.2) is 42.8 Å². The van der Waals surface area contributed by atoms with Crippen molar-refractivity contribution >= 4 is 0 Å². The molecule has 0 aliphatic carbocycles. The lowest BCUT2D eigenvalue weighted by Gasteiger charge is -2.29. The van der Waals surface area contributed by atoms with E-state index in [2.05, 4.69) is 113 Å². The number of allylic oxidation sites excluding steroid dienone is 24. The van der Waals surface area contributed by atoms with Gasteiger partial charge in [-0.2, -0.15) is 0 Å². The zero-order chi connectivity index (χ0) is 41.6. The van der Waals surface area contributed by atoms with Gasteiger partial charge in [0.25, 0.3) is 0 Å². The molecule has 4 N–H and O–H groups in total. The Morgan fingerprint density at radius 2 is 0.593 bits per heavy atom. The molecule has 0 aromatic heterocycles. The molecule has 0 aliphatic heterocycles.